The monoisotopic (exact) mass is 322 g/mol. The Morgan fingerprint density at radius 3 is 2.67 bits per heavy atom. The summed E-state index contributed by atoms with van der Waals surface area (Å²) in [6.45, 7) is 7.16. The molecule has 1 amide bonds. The van der Waals surface area contributed by atoms with E-state index in [0.717, 1.165) is 17.0 Å². The molecule has 2 heterocycles. The standard InChI is InChI=1S/C20H22N2O2/c1-14-6-4-7-17(10-14)13-22-16(3)11-15(2)19(22)20(23)21-12-18-8-5-9-24-18/h4-11H,12-13H2,1-3H3,(H,21,23). The maximum atomic E-state index is 12.7. The van der Waals surface area contributed by atoms with Crippen molar-refractivity contribution in [2.75, 3.05) is 0 Å². The number of carbonyl (C=O) groups excluding carboxylic acids is 1. The Morgan fingerprint density at radius 1 is 1.12 bits per heavy atom. The summed E-state index contributed by atoms with van der Waals surface area (Å²) in [5, 5.41) is 2.94. The number of furan rings is 1. The van der Waals surface area contributed by atoms with Gasteiger partial charge in [0, 0.05) is 12.2 Å². The molecule has 0 fully saturated rings. The minimum atomic E-state index is -0.0790. The second-order valence-electron chi connectivity index (χ2n) is 6.15. The van der Waals surface area contributed by atoms with E-state index in [2.05, 4.69) is 41.1 Å². The Hall–Kier alpha value is -2.75. The summed E-state index contributed by atoms with van der Waals surface area (Å²) in [4.78, 5) is 12.7. The number of aromatic nitrogens is 1. The SMILES string of the molecule is Cc1cccc(Cn2c(C)cc(C)c2C(=O)NCc2ccco2)c1. The van der Waals surface area contributed by atoms with E-state index in [4.69, 9.17) is 4.42 Å². The lowest BCUT2D eigenvalue weighted by atomic mass is 10.1. The van der Waals surface area contributed by atoms with E-state index in [9.17, 15) is 4.79 Å². The minimum absolute atomic E-state index is 0.0790. The normalized spacial score (nSPS) is 10.8. The molecule has 24 heavy (non-hydrogen) atoms. The van der Waals surface area contributed by atoms with Gasteiger partial charge in [0.2, 0.25) is 0 Å². The molecule has 0 radical (unpaired) electrons. The van der Waals surface area contributed by atoms with Gasteiger partial charge in [-0.05, 0) is 50.1 Å². The number of benzene rings is 1. The van der Waals surface area contributed by atoms with Gasteiger partial charge < -0.3 is 14.3 Å². The van der Waals surface area contributed by atoms with E-state index in [1.807, 2.05) is 32.0 Å². The first-order valence-corrected chi connectivity index (χ1v) is 8.07. The van der Waals surface area contributed by atoms with Crippen LogP contribution in [0.25, 0.3) is 0 Å². The molecule has 0 unspecified atom stereocenters. The van der Waals surface area contributed by atoms with Gasteiger partial charge >= 0.3 is 0 Å². The Balaban J connectivity index is 1.83. The molecule has 0 atom stereocenters. The van der Waals surface area contributed by atoms with Gasteiger partial charge in [-0.2, -0.15) is 0 Å². The molecule has 0 bridgehead atoms. The molecule has 4 heteroatoms. The van der Waals surface area contributed by atoms with Crippen molar-refractivity contribution in [2.24, 2.45) is 0 Å². The molecule has 0 aliphatic heterocycles. The number of hydrogen-bond donors (Lipinski definition) is 1. The number of nitrogens with one attached hydrogen (secondary N) is 1. The quantitative estimate of drug-likeness (QED) is 0.772. The minimum Gasteiger partial charge on any atom is -0.467 e. The summed E-state index contributed by atoms with van der Waals surface area (Å²) in [5.74, 6) is 0.666. The summed E-state index contributed by atoms with van der Waals surface area (Å²) >= 11 is 0. The van der Waals surface area contributed by atoms with Crippen LogP contribution in [0.4, 0.5) is 0 Å². The molecule has 124 valence electrons. The van der Waals surface area contributed by atoms with Gasteiger partial charge in [0.05, 0.1) is 12.8 Å². The van der Waals surface area contributed by atoms with Crippen molar-refractivity contribution >= 4 is 5.91 Å². The lowest BCUT2D eigenvalue weighted by molar-refractivity contribution is 0.0938. The zero-order valence-corrected chi connectivity index (χ0v) is 14.3. The van der Waals surface area contributed by atoms with Crippen LogP contribution in [0.1, 0.15) is 38.6 Å². The summed E-state index contributed by atoms with van der Waals surface area (Å²) in [5.41, 5.74) is 5.18. The van der Waals surface area contributed by atoms with Crippen LogP contribution in [-0.2, 0) is 13.1 Å². The van der Waals surface area contributed by atoms with Gasteiger partial charge in [-0.15, -0.1) is 0 Å². The number of amides is 1. The van der Waals surface area contributed by atoms with E-state index >= 15 is 0 Å². The van der Waals surface area contributed by atoms with E-state index in [1.165, 1.54) is 11.1 Å². The molecule has 3 rings (SSSR count). The maximum Gasteiger partial charge on any atom is 0.268 e. The Kier molecular flexibility index (Phi) is 4.56. The number of rotatable bonds is 5. The summed E-state index contributed by atoms with van der Waals surface area (Å²) in [6.07, 6.45) is 1.61. The highest BCUT2D eigenvalue weighted by Gasteiger charge is 2.17. The van der Waals surface area contributed by atoms with E-state index in [-0.39, 0.29) is 5.91 Å². The van der Waals surface area contributed by atoms with E-state index in [0.29, 0.717) is 18.8 Å². The highest BCUT2D eigenvalue weighted by Crippen LogP contribution is 2.18. The third kappa shape index (κ3) is 3.43. The summed E-state index contributed by atoms with van der Waals surface area (Å²) < 4.78 is 7.34. The van der Waals surface area contributed by atoms with Crippen LogP contribution in [0, 0.1) is 20.8 Å². The highest BCUT2D eigenvalue weighted by atomic mass is 16.3. The molecule has 0 saturated carbocycles. The fourth-order valence-corrected chi connectivity index (χ4v) is 3.01. The molecule has 0 spiro atoms. The largest absolute Gasteiger partial charge is 0.467 e. The van der Waals surface area contributed by atoms with Crippen LogP contribution in [0.5, 0.6) is 0 Å². The van der Waals surface area contributed by atoms with Gasteiger partial charge in [-0.3, -0.25) is 4.79 Å². The lowest BCUT2D eigenvalue weighted by Gasteiger charge is -2.13. The highest BCUT2D eigenvalue weighted by molar-refractivity contribution is 5.94. The van der Waals surface area contributed by atoms with Crippen LogP contribution >= 0.6 is 0 Å². The predicted molar refractivity (Wildman–Crippen MR) is 94.1 cm³/mol. The van der Waals surface area contributed by atoms with Gasteiger partial charge in [-0.1, -0.05) is 29.8 Å². The Labute approximate surface area is 142 Å². The fourth-order valence-electron chi connectivity index (χ4n) is 3.01. The number of carbonyl (C=O) groups is 1. The van der Waals surface area contributed by atoms with Crippen molar-refractivity contribution in [3.8, 4) is 0 Å². The number of aryl methyl sites for hydroxylation is 3. The van der Waals surface area contributed by atoms with Crippen molar-refractivity contribution in [1.29, 1.82) is 0 Å². The fraction of sp³-hybridized carbons (Fsp3) is 0.250. The number of nitrogens with zero attached hydrogens (tertiary/aromatic N) is 1. The second kappa shape index (κ2) is 6.79. The first kappa shape index (κ1) is 16.1. The van der Waals surface area contributed by atoms with Gasteiger partial charge in [0.15, 0.2) is 0 Å². The average Bonchev–Trinajstić information content (AvgIpc) is 3.14. The molecule has 2 aromatic heterocycles. The van der Waals surface area contributed by atoms with Crippen molar-refractivity contribution in [1.82, 2.24) is 9.88 Å². The number of hydrogen-bond acceptors (Lipinski definition) is 2. The second-order valence-corrected chi connectivity index (χ2v) is 6.15. The van der Waals surface area contributed by atoms with Crippen LogP contribution in [-0.4, -0.2) is 10.5 Å². The Bertz CT molecular complexity index is 845. The van der Waals surface area contributed by atoms with Gasteiger partial charge in [0.25, 0.3) is 5.91 Å². The smallest absolute Gasteiger partial charge is 0.268 e. The van der Waals surface area contributed by atoms with Crippen molar-refractivity contribution < 1.29 is 9.21 Å². The van der Waals surface area contributed by atoms with Gasteiger partial charge in [0.1, 0.15) is 11.5 Å². The lowest BCUT2D eigenvalue weighted by Crippen LogP contribution is -2.26. The van der Waals surface area contributed by atoms with Crippen molar-refractivity contribution in [3.63, 3.8) is 0 Å². The summed E-state index contributed by atoms with van der Waals surface area (Å²) in [6, 6.07) is 14.1. The molecular formula is C20H22N2O2. The summed E-state index contributed by atoms with van der Waals surface area (Å²) in [7, 11) is 0. The van der Waals surface area contributed by atoms with Crippen molar-refractivity contribution in [3.05, 3.63) is 82.6 Å². The topological polar surface area (TPSA) is 47.2 Å². The molecular weight excluding hydrogens is 300 g/mol. The molecule has 1 N–H and O–H groups in total. The average molecular weight is 322 g/mol. The van der Waals surface area contributed by atoms with Crippen LogP contribution in [0.3, 0.4) is 0 Å². The molecule has 3 aromatic rings. The van der Waals surface area contributed by atoms with E-state index < -0.39 is 0 Å². The first-order valence-electron chi connectivity index (χ1n) is 8.07. The third-order valence-corrected chi connectivity index (χ3v) is 4.14. The zero-order valence-electron chi connectivity index (χ0n) is 14.3. The molecule has 0 aliphatic rings. The van der Waals surface area contributed by atoms with Gasteiger partial charge in [-0.25, -0.2) is 0 Å². The third-order valence-electron chi connectivity index (χ3n) is 4.14. The molecule has 4 nitrogen and oxygen atoms in total. The van der Waals surface area contributed by atoms with E-state index in [1.54, 1.807) is 6.26 Å². The first-order chi connectivity index (χ1) is 11.5. The van der Waals surface area contributed by atoms with Crippen LogP contribution in [0.2, 0.25) is 0 Å². The molecule has 1 aromatic carbocycles. The van der Waals surface area contributed by atoms with Crippen molar-refractivity contribution in [2.45, 2.75) is 33.9 Å². The Morgan fingerprint density at radius 2 is 1.96 bits per heavy atom. The predicted octanol–water partition coefficient (Wildman–Crippen LogP) is 3.98. The van der Waals surface area contributed by atoms with Crippen LogP contribution < -0.4 is 5.32 Å². The molecule has 0 saturated heterocycles. The van der Waals surface area contributed by atoms with Crippen LogP contribution in [0.15, 0.2) is 53.1 Å². The zero-order chi connectivity index (χ0) is 17.1. The molecule has 0 aliphatic carbocycles. The maximum absolute atomic E-state index is 12.7.